The van der Waals surface area contributed by atoms with Gasteiger partial charge in [-0.25, -0.2) is 4.98 Å². The second-order valence-corrected chi connectivity index (χ2v) is 6.99. The van der Waals surface area contributed by atoms with Crippen molar-refractivity contribution in [1.29, 1.82) is 0 Å². The highest BCUT2D eigenvalue weighted by atomic mass is 35.5. The van der Waals surface area contributed by atoms with Crippen LogP contribution in [0.3, 0.4) is 0 Å². The van der Waals surface area contributed by atoms with Crippen LogP contribution in [-0.4, -0.2) is 11.0 Å². The molecule has 3 nitrogen and oxygen atoms in total. The standard InChI is InChI=1S/C17H10Cl3NO2S/c18-11-3-1-10(2-4-11)17-21-12(9-24-17)7-16(22)23-13-5-6-14(19)15(20)8-13/h1-6,8-9H,7H2. The van der Waals surface area contributed by atoms with Crippen LogP contribution in [0, 0.1) is 0 Å². The highest BCUT2D eigenvalue weighted by Gasteiger charge is 2.12. The fourth-order valence-corrected chi connectivity index (χ4v) is 3.21. The number of hydrogen-bond donors (Lipinski definition) is 0. The van der Waals surface area contributed by atoms with Crippen LogP contribution in [0.25, 0.3) is 10.6 Å². The molecule has 0 unspecified atom stereocenters. The van der Waals surface area contributed by atoms with Gasteiger partial charge in [-0.1, -0.05) is 46.9 Å². The second-order valence-electron chi connectivity index (χ2n) is 4.88. The van der Waals surface area contributed by atoms with Gasteiger partial charge < -0.3 is 4.74 Å². The molecule has 24 heavy (non-hydrogen) atoms. The van der Waals surface area contributed by atoms with Crippen LogP contribution in [0.15, 0.2) is 47.8 Å². The number of esters is 1. The van der Waals surface area contributed by atoms with E-state index in [0.717, 1.165) is 10.6 Å². The van der Waals surface area contributed by atoms with Crippen molar-refractivity contribution in [2.45, 2.75) is 6.42 Å². The monoisotopic (exact) mass is 397 g/mol. The van der Waals surface area contributed by atoms with E-state index in [1.807, 2.05) is 17.5 Å². The summed E-state index contributed by atoms with van der Waals surface area (Å²) in [6.07, 6.45) is 0.0737. The third-order valence-electron chi connectivity index (χ3n) is 3.09. The highest BCUT2D eigenvalue weighted by Crippen LogP contribution is 2.27. The van der Waals surface area contributed by atoms with E-state index in [1.165, 1.54) is 17.4 Å². The van der Waals surface area contributed by atoms with Gasteiger partial charge in [-0.3, -0.25) is 4.79 Å². The number of rotatable bonds is 4. The summed E-state index contributed by atoms with van der Waals surface area (Å²) >= 11 is 19.1. The average molecular weight is 399 g/mol. The molecule has 3 aromatic rings. The van der Waals surface area contributed by atoms with Gasteiger partial charge in [-0.15, -0.1) is 11.3 Å². The predicted molar refractivity (Wildman–Crippen MR) is 98.4 cm³/mol. The minimum Gasteiger partial charge on any atom is -0.426 e. The largest absolute Gasteiger partial charge is 0.426 e. The topological polar surface area (TPSA) is 39.2 Å². The van der Waals surface area contributed by atoms with Crippen LogP contribution in [0.4, 0.5) is 0 Å². The Balaban J connectivity index is 1.66. The normalized spacial score (nSPS) is 10.6. The van der Waals surface area contributed by atoms with Gasteiger partial charge in [0.1, 0.15) is 10.8 Å². The Hall–Kier alpha value is -1.59. The zero-order chi connectivity index (χ0) is 17.1. The molecule has 0 spiro atoms. The Morgan fingerprint density at radius 1 is 1.04 bits per heavy atom. The van der Waals surface area contributed by atoms with E-state index in [-0.39, 0.29) is 6.42 Å². The molecule has 0 aliphatic carbocycles. The first kappa shape index (κ1) is 17.2. The lowest BCUT2D eigenvalue weighted by Gasteiger charge is -2.04. The van der Waals surface area contributed by atoms with Crippen LogP contribution in [-0.2, 0) is 11.2 Å². The van der Waals surface area contributed by atoms with Gasteiger partial charge in [0, 0.05) is 22.0 Å². The van der Waals surface area contributed by atoms with Crippen molar-refractivity contribution in [3.63, 3.8) is 0 Å². The third-order valence-corrected chi connectivity index (χ3v) is 5.02. The molecular weight excluding hydrogens is 389 g/mol. The van der Waals surface area contributed by atoms with E-state index in [0.29, 0.717) is 26.5 Å². The van der Waals surface area contributed by atoms with Gasteiger partial charge >= 0.3 is 5.97 Å². The third kappa shape index (κ3) is 4.28. The highest BCUT2D eigenvalue weighted by molar-refractivity contribution is 7.13. The average Bonchev–Trinajstić information content (AvgIpc) is 3.00. The number of benzene rings is 2. The molecule has 2 aromatic carbocycles. The van der Waals surface area contributed by atoms with Crippen molar-refractivity contribution >= 4 is 52.1 Å². The number of thiazole rings is 1. The van der Waals surface area contributed by atoms with Crippen LogP contribution < -0.4 is 4.74 Å². The molecule has 0 saturated carbocycles. The minimum absolute atomic E-state index is 0.0737. The first-order valence-corrected chi connectivity index (χ1v) is 8.89. The van der Waals surface area contributed by atoms with Gasteiger partial charge in [-0.2, -0.15) is 0 Å². The van der Waals surface area contributed by atoms with E-state index >= 15 is 0 Å². The molecule has 0 atom stereocenters. The summed E-state index contributed by atoms with van der Waals surface area (Å²) in [6.45, 7) is 0. The van der Waals surface area contributed by atoms with E-state index in [1.54, 1.807) is 24.3 Å². The van der Waals surface area contributed by atoms with E-state index < -0.39 is 5.97 Å². The van der Waals surface area contributed by atoms with Crippen LogP contribution in [0.1, 0.15) is 5.69 Å². The second kappa shape index (κ2) is 7.53. The number of aromatic nitrogens is 1. The quantitative estimate of drug-likeness (QED) is 0.404. The fourth-order valence-electron chi connectivity index (χ4n) is 1.97. The molecule has 1 aromatic heterocycles. The molecule has 0 bridgehead atoms. The molecule has 0 aliphatic heterocycles. The maximum absolute atomic E-state index is 12.0. The molecule has 0 fully saturated rings. The predicted octanol–water partition coefficient (Wildman–Crippen LogP) is 5.92. The summed E-state index contributed by atoms with van der Waals surface area (Å²) in [4.78, 5) is 16.5. The maximum atomic E-state index is 12.0. The lowest BCUT2D eigenvalue weighted by molar-refractivity contribution is -0.133. The smallest absolute Gasteiger partial charge is 0.317 e. The Bertz CT molecular complexity index is 878. The summed E-state index contributed by atoms with van der Waals surface area (Å²) in [6, 6.07) is 12.0. The summed E-state index contributed by atoms with van der Waals surface area (Å²) < 4.78 is 5.25. The summed E-state index contributed by atoms with van der Waals surface area (Å²) in [5.74, 6) is -0.0658. The zero-order valence-corrected chi connectivity index (χ0v) is 15.2. The number of ether oxygens (including phenoxy) is 1. The van der Waals surface area contributed by atoms with Gasteiger partial charge in [0.2, 0.25) is 0 Å². The van der Waals surface area contributed by atoms with Crippen LogP contribution in [0.2, 0.25) is 15.1 Å². The van der Waals surface area contributed by atoms with Gasteiger partial charge in [0.05, 0.1) is 22.2 Å². The molecule has 0 amide bonds. The first-order valence-electron chi connectivity index (χ1n) is 6.87. The Morgan fingerprint density at radius 2 is 1.79 bits per heavy atom. The molecule has 0 N–H and O–H groups in total. The number of nitrogens with zero attached hydrogens (tertiary/aromatic N) is 1. The number of halogens is 3. The fraction of sp³-hybridized carbons (Fsp3) is 0.0588. The summed E-state index contributed by atoms with van der Waals surface area (Å²) in [7, 11) is 0. The molecule has 7 heteroatoms. The first-order chi connectivity index (χ1) is 11.5. The molecule has 0 aliphatic rings. The number of hydrogen-bond acceptors (Lipinski definition) is 4. The van der Waals surface area contributed by atoms with E-state index in [4.69, 9.17) is 39.5 Å². The molecule has 0 saturated heterocycles. The Labute approximate surface area is 157 Å². The van der Waals surface area contributed by atoms with Crippen molar-refractivity contribution in [2.75, 3.05) is 0 Å². The Kier molecular flexibility index (Phi) is 5.41. The molecule has 3 rings (SSSR count). The van der Waals surface area contributed by atoms with Crippen LogP contribution >= 0.6 is 46.1 Å². The van der Waals surface area contributed by atoms with Crippen molar-refractivity contribution in [3.8, 4) is 16.3 Å². The van der Waals surface area contributed by atoms with Crippen molar-refractivity contribution in [3.05, 3.63) is 68.6 Å². The van der Waals surface area contributed by atoms with E-state index in [2.05, 4.69) is 4.98 Å². The SMILES string of the molecule is O=C(Cc1csc(-c2ccc(Cl)cc2)n1)Oc1ccc(Cl)c(Cl)c1. The van der Waals surface area contributed by atoms with Crippen molar-refractivity contribution in [2.24, 2.45) is 0 Å². The minimum atomic E-state index is -0.415. The maximum Gasteiger partial charge on any atom is 0.317 e. The van der Waals surface area contributed by atoms with Crippen molar-refractivity contribution < 1.29 is 9.53 Å². The van der Waals surface area contributed by atoms with Gasteiger partial charge in [0.25, 0.3) is 0 Å². The molecular formula is C17H10Cl3NO2S. The Morgan fingerprint density at radius 3 is 2.50 bits per heavy atom. The zero-order valence-electron chi connectivity index (χ0n) is 12.1. The lowest BCUT2D eigenvalue weighted by atomic mass is 10.2. The molecule has 0 radical (unpaired) electrons. The van der Waals surface area contributed by atoms with Crippen LogP contribution in [0.5, 0.6) is 5.75 Å². The molecule has 1 heterocycles. The summed E-state index contributed by atoms with van der Waals surface area (Å²) in [5, 5.41) is 4.06. The molecule has 122 valence electrons. The lowest BCUT2D eigenvalue weighted by Crippen LogP contribution is -2.11. The van der Waals surface area contributed by atoms with Gasteiger partial charge in [0.15, 0.2) is 0 Å². The summed E-state index contributed by atoms with van der Waals surface area (Å²) in [5.41, 5.74) is 1.60. The van der Waals surface area contributed by atoms with Crippen molar-refractivity contribution in [1.82, 2.24) is 4.98 Å². The van der Waals surface area contributed by atoms with Gasteiger partial charge in [-0.05, 0) is 24.3 Å². The number of carbonyl (C=O) groups excluding carboxylic acids is 1. The number of carbonyl (C=O) groups is 1. The van der Waals surface area contributed by atoms with E-state index in [9.17, 15) is 4.79 Å².